The smallest absolute Gasteiger partial charge is 0.444 e. The lowest BCUT2D eigenvalue weighted by Gasteiger charge is -2.38. The maximum Gasteiger partial charge on any atom is 0.498 e. The fraction of sp³-hybridized carbons (Fsp3) is 0.769. The van der Waals surface area contributed by atoms with Crippen molar-refractivity contribution >= 4 is 34.4 Å². The van der Waals surface area contributed by atoms with Gasteiger partial charge in [0.05, 0.1) is 17.0 Å². The lowest BCUT2D eigenvalue weighted by molar-refractivity contribution is -0.137. The molecule has 0 aliphatic carbocycles. The van der Waals surface area contributed by atoms with Crippen LogP contribution in [0.5, 0.6) is 0 Å². The Balaban J connectivity index is 1.74. The second-order valence-corrected chi connectivity index (χ2v) is 14.6. The van der Waals surface area contributed by atoms with Crippen molar-refractivity contribution in [1.29, 1.82) is 0 Å². The highest BCUT2D eigenvalue weighted by molar-refractivity contribution is 7.91. The summed E-state index contributed by atoms with van der Waals surface area (Å²) in [5.74, 6) is -0.867. The zero-order valence-corrected chi connectivity index (χ0v) is 25.4. The molecule has 39 heavy (non-hydrogen) atoms. The Labute approximate surface area is 232 Å². The van der Waals surface area contributed by atoms with Gasteiger partial charge in [0.15, 0.2) is 0 Å². The Hall–Kier alpha value is -2.25. The van der Waals surface area contributed by atoms with Crippen molar-refractivity contribution in [3.8, 4) is 0 Å². The minimum absolute atomic E-state index is 0.227. The number of sulfone groups is 1. The first-order chi connectivity index (χ1) is 17.8. The zero-order chi connectivity index (χ0) is 29.4. The van der Waals surface area contributed by atoms with Gasteiger partial charge in [0, 0.05) is 30.4 Å². The van der Waals surface area contributed by atoms with Gasteiger partial charge >= 0.3 is 13.2 Å². The predicted molar refractivity (Wildman–Crippen MR) is 147 cm³/mol. The van der Waals surface area contributed by atoms with Crippen molar-refractivity contribution in [3.63, 3.8) is 0 Å². The summed E-state index contributed by atoms with van der Waals surface area (Å²) in [6.45, 7) is 17.0. The van der Waals surface area contributed by atoms with E-state index >= 15 is 0 Å². The number of hydrogen-bond acceptors (Lipinski definition) is 9. The van der Waals surface area contributed by atoms with Crippen LogP contribution in [-0.2, 0) is 28.7 Å². The van der Waals surface area contributed by atoms with Gasteiger partial charge in [0.1, 0.15) is 11.6 Å². The number of piperidine rings is 1. The fourth-order valence-electron chi connectivity index (χ4n) is 4.51. The van der Waals surface area contributed by atoms with E-state index in [1.807, 2.05) is 41.5 Å². The van der Waals surface area contributed by atoms with E-state index in [4.69, 9.17) is 14.0 Å². The van der Waals surface area contributed by atoms with Gasteiger partial charge in [0.25, 0.3) is 0 Å². The minimum atomic E-state index is -3.92. The van der Waals surface area contributed by atoms with E-state index in [-0.39, 0.29) is 22.7 Å². The van der Waals surface area contributed by atoms with Crippen LogP contribution in [0.1, 0.15) is 81.6 Å². The molecule has 0 unspecified atom stereocenters. The van der Waals surface area contributed by atoms with Gasteiger partial charge in [-0.05, 0) is 73.6 Å². The van der Waals surface area contributed by atoms with Crippen molar-refractivity contribution in [2.45, 2.75) is 116 Å². The molecule has 3 heterocycles. The summed E-state index contributed by atoms with van der Waals surface area (Å²) >= 11 is 0. The molecule has 2 atom stereocenters. The molecule has 0 radical (unpaired) electrons. The molecular weight excluding hydrogens is 523 g/mol. The Morgan fingerprint density at radius 3 is 2.21 bits per heavy atom. The second-order valence-electron chi connectivity index (χ2n) is 12.7. The van der Waals surface area contributed by atoms with Crippen LogP contribution < -0.4 is 10.8 Å². The SMILES string of the molecule is CC(C)[C@@H](NC(=O)OC(C)(C)C)C(=O)N1CCCC[C@@H]1CS(=O)(=O)c1ncc(B2OC(C)(C)C(C)(C)O2)cn1. The number of carbonyl (C=O) groups excluding carboxylic acids is 2. The molecule has 0 saturated carbocycles. The van der Waals surface area contributed by atoms with Crippen LogP contribution in [0.2, 0.25) is 0 Å². The molecule has 2 saturated heterocycles. The molecule has 2 aliphatic heterocycles. The zero-order valence-electron chi connectivity index (χ0n) is 24.6. The summed E-state index contributed by atoms with van der Waals surface area (Å²) < 4.78 is 44.0. The molecule has 0 spiro atoms. The number of hydrogen-bond donors (Lipinski definition) is 1. The molecule has 2 aliphatic rings. The number of likely N-dealkylation sites (tertiary alicyclic amines) is 1. The lowest BCUT2D eigenvalue weighted by Crippen LogP contribution is -2.57. The first-order valence-electron chi connectivity index (χ1n) is 13.5. The summed E-state index contributed by atoms with van der Waals surface area (Å²) in [6.07, 6.45) is 4.19. The third kappa shape index (κ3) is 7.49. The van der Waals surface area contributed by atoms with E-state index in [9.17, 15) is 18.0 Å². The number of rotatable bonds is 7. The van der Waals surface area contributed by atoms with E-state index < -0.39 is 51.9 Å². The molecule has 2 amide bonds. The monoisotopic (exact) mass is 566 g/mol. The van der Waals surface area contributed by atoms with Crippen LogP contribution >= 0.6 is 0 Å². The van der Waals surface area contributed by atoms with Crippen LogP contribution in [0.25, 0.3) is 0 Å². The van der Waals surface area contributed by atoms with Gasteiger partial charge in [-0.25, -0.2) is 23.2 Å². The quantitative estimate of drug-likeness (QED) is 0.390. The van der Waals surface area contributed by atoms with E-state index in [2.05, 4.69) is 15.3 Å². The van der Waals surface area contributed by atoms with E-state index in [0.29, 0.717) is 18.4 Å². The topological polar surface area (TPSA) is 137 Å². The molecule has 13 heteroatoms. The van der Waals surface area contributed by atoms with E-state index in [1.54, 1.807) is 25.7 Å². The van der Waals surface area contributed by atoms with Gasteiger partial charge in [-0.3, -0.25) is 4.79 Å². The predicted octanol–water partition coefficient (Wildman–Crippen LogP) is 2.48. The number of amides is 2. The molecule has 0 aromatic carbocycles. The highest BCUT2D eigenvalue weighted by Crippen LogP contribution is 2.36. The average molecular weight is 567 g/mol. The van der Waals surface area contributed by atoms with E-state index in [1.165, 1.54) is 12.4 Å². The number of alkyl carbamates (subject to hydrolysis) is 1. The number of nitrogens with zero attached hydrogens (tertiary/aromatic N) is 3. The molecule has 2 fully saturated rings. The third-order valence-electron chi connectivity index (χ3n) is 7.38. The second kappa shape index (κ2) is 11.3. The Morgan fingerprint density at radius 2 is 1.69 bits per heavy atom. The first kappa shape index (κ1) is 31.3. The summed E-state index contributed by atoms with van der Waals surface area (Å²) in [6, 6.07) is -1.41. The molecule has 1 aromatic heterocycles. The number of ether oxygens (including phenoxy) is 1. The van der Waals surface area contributed by atoms with Crippen LogP contribution in [0, 0.1) is 5.92 Å². The maximum atomic E-state index is 13.6. The summed E-state index contributed by atoms with van der Waals surface area (Å²) in [7, 11) is -4.62. The third-order valence-corrected chi connectivity index (χ3v) is 8.97. The number of carbonyl (C=O) groups is 2. The normalized spacial score (nSPS) is 22.1. The molecule has 3 rings (SSSR count). The fourth-order valence-corrected chi connectivity index (χ4v) is 5.93. The largest absolute Gasteiger partial charge is 0.498 e. The van der Waals surface area contributed by atoms with Crippen LogP contribution in [-0.4, -0.2) is 83.6 Å². The first-order valence-corrected chi connectivity index (χ1v) is 15.2. The minimum Gasteiger partial charge on any atom is -0.444 e. The highest BCUT2D eigenvalue weighted by atomic mass is 32.2. The molecule has 11 nitrogen and oxygen atoms in total. The molecule has 0 bridgehead atoms. The van der Waals surface area contributed by atoms with Gasteiger partial charge < -0.3 is 24.3 Å². The van der Waals surface area contributed by atoms with Gasteiger partial charge in [-0.1, -0.05) is 13.8 Å². The standard InChI is InChI=1S/C26H43BN4O7S/c1-17(2)20(30-23(33)36-24(3,4)5)21(32)31-13-11-10-12-19(31)16-39(34,35)22-28-14-18(15-29-22)27-37-25(6,7)26(8,9)38-27/h14-15,17,19-20H,10-13,16H2,1-9H3,(H,30,33)/t19-,20-/m1/s1. The Kier molecular flexibility index (Phi) is 9.08. The van der Waals surface area contributed by atoms with E-state index in [0.717, 1.165) is 12.8 Å². The van der Waals surface area contributed by atoms with Crippen molar-refractivity contribution in [1.82, 2.24) is 20.2 Å². The van der Waals surface area contributed by atoms with Crippen molar-refractivity contribution in [2.24, 2.45) is 5.92 Å². The molecule has 218 valence electrons. The Morgan fingerprint density at radius 1 is 1.13 bits per heavy atom. The van der Waals surface area contributed by atoms with Crippen LogP contribution in [0.3, 0.4) is 0 Å². The summed E-state index contributed by atoms with van der Waals surface area (Å²) in [5, 5.41) is 2.37. The lowest BCUT2D eigenvalue weighted by atomic mass is 9.81. The van der Waals surface area contributed by atoms with Crippen molar-refractivity contribution < 1.29 is 32.1 Å². The van der Waals surface area contributed by atoms with Crippen molar-refractivity contribution in [2.75, 3.05) is 12.3 Å². The maximum absolute atomic E-state index is 13.6. The molecular formula is C26H43BN4O7S. The summed E-state index contributed by atoms with van der Waals surface area (Å²) in [4.78, 5) is 35.8. The Bertz CT molecular complexity index is 1130. The van der Waals surface area contributed by atoms with Crippen LogP contribution in [0.4, 0.5) is 4.79 Å². The van der Waals surface area contributed by atoms with Gasteiger partial charge in [-0.2, -0.15) is 0 Å². The van der Waals surface area contributed by atoms with Crippen molar-refractivity contribution in [3.05, 3.63) is 12.4 Å². The highest BCUT2D eigenvalue weighted by Gasteiger charge is 2.52. The summed E-state index contributed by atoms with van der Waals surface area (Å²) in [5.41, 5.74) is -1.29. The number of aromatic nitrogens is 2. The van der Waals surface area contributed by atoms with Crippen LogP contribution in [0.15, 0.2) is 17.6 Å². The molecule has 1 N–H and O–H groups in total. The number of nitrogens with one attached hydrogen (secondary N) is 1. The van der Waals surface area contributed by atoms with Gasteiger partial charge in [-0.15, -0.1) is 0 Å². The average Bonchev–Trinajstić information content (AvgIpc) is 3.02. The molecule has 1 aromatic rings. The van der Waals surface area contributed by atoms with Gasteiger partial charge in [0.2, 0.25) is 20.9 Å².